The first-order valence-electron chi connectivity index (χ1n) is 16.4. The molecule has 3 aromatic heterocycles. The highest BCUT2D eigenvalue weighted by molar-refractivity contribution is 5.73. The van der Waals surface area contributed by atoms with Crippen molar-refractivity contribution in [1.82, 2.24) is 40.0 Å². The van der Waals surface area contributed by atoms with Crippen LogP contribution in [-0.4, -0.2) is 78.3 Å². The molecular weight excluding hydrogens is 583 g/mol. The van der Waals surface area contributed by atoms with Gasteiger partial charge in [-0.05, 0) is 68.2 Å². The van der Waals surface area contributed by atoms with Gasteiger partial charge in [0.1, 0.15) is 24.2 Å². The van der Waals surface area contributed by atoms with Crippen LogP contribution in [0.25, 0.3) is 11.1 Å². The molecule has 4 fully saturated rings. The quantitative estimate of drug-likeness (QED) is 0.246. The van der Waals surface area contributed by atoms with E-state index in [2.05, 4.69) is 64.1 Å². The largest absolute Gasteiger partial charge is 0.434 e. The summed E-state index contributed by atoms with van der Waals surface area (Å²) in [5.74, 6) is 3.47. The van der Waals surface area contributed by atoms with E-state index in [1.165, 1.54) is 18.5 Å². The third-order valence-corrected chi connectivity index (χ3v) is 10.2. The maximum absolute atomic E-state index is 14.5. The molecule has 0 radical (unpaired) electrons. The van der Waals surface area contributed by atoms with Crippen molar-refractivity contribution in [2.45, 2.75) is 64.0 Å². The Kier molecular flexibility index (Phi) is 7.47. The normalized spacial score (nSPS) is 22.8. The molecule has 5 heterocycles. The van der Waals surface area contributed by atoms with Crippen LogP contribution in [0.4, 0.5) is 16.2 Å². The van der Waals surface area contributed by atoms with E-state index in [9.17, 15) is 4.39 Å². The predicted molar refractivity (Wildman–Crippen MR) is 171 cm³/mol. The van der Waals surface area contributed by atoms with Gasteiger partial charge in [-0.3, -0.25) is 4.90 Å². The molecule has 1 aromatic carbocycles. The molecule has 2 saturated heterocycles. The number of halogens is 1. The highest BCUT2D eigenvalue weighted by Gasteiger charge is 2.53. The first-order chi connectivity index (χ1) is 22.4. The van der Waals surface area contributed by atoms with Crippen LogP contribution in [0.5, 0.6) is 11.6 Å². The summed E-state index contributed by atoms with van der Waals surface area (Å²) in [7, 11) is 0. The van der Waals surface area contributed by atoms with Gasteiger partial charge in [0.2, 0.25) is 5.95 Å². The molecule has 2 aliphatic heterocycles. The van der Waals surface area contributed by atoms with Crippen LogP contribution in [-0.2, 0) is 0 Å². The number of nitrogens with zero attached hydrogens (tertiary/aromatic N) is 9. The summed E-state index contributed by atoms with van der Waals surface area (Å²) in [5.41, 5.74) is 2.54. The Labute approximate surface area is 268 Å². The van der Waals surface area contributed by atoms with Crippen molar-refractivity contribution >= 4 is 11.8 Å². The highest BCUT2D eigenvalue weighted by Crippen LogP contribution is 2.48. The molecule has 2 saturated carbocycles. The van der Waals surface area contributed by atoms with Crippen molar-refractivity contribution in [1.29, 1.82) is 0 Å². The number of anilines is 2. The Bertz CT molecular complexity index is 1690. The van der Waals surface area contributed by atoms with E-state index in [-0.39, 0.29) is 11.2 Å². The van der Waals surface area contributed by atoms with Crippen LogP contribution in [0.1, 0.15) is 57.6 Å². The lowest BCUT2D eigenvalue weighted by molar-refractivity contribution is -0.0656. The number of aromatic nitrogens is 7. The minimum absolute atomic E-state index is 0.218. The molecule has 1 unspecified atom stereocenters. The number of likely N-dealkylation sites (tertiary alicyclic amines) is 1. The Morgan fingerprint density at radius 1 is 1.00 bits per heavy atom. The van der Waals surface area contributed by atoms with E-state index in [1.807, 2.05) is 6.07 Å². The number of rotatable bonds is 10. The number of hydrogen-bond donors (Lipinski definition) is 1. The molecule has 0 amide bonds. The van der Waals surface area contributed by atoms with E-state index < -0.39 is 0 Å². The van der Waals surface area contributed by atoms with Gasteiger partial charge in [0, 0.05) is 79.3 Å². The van der Waals surface area contributed by atoms with Crippen LogP contribution in [0.3, 0.4) is 0 Å². The molecule has 1 atom stereocenters. The van der Waals surface area contributed by atoms with Crippen LogP contribution < -0.4 is 15.0 Å². The molecule has 11 nitrogen and oxygen atoms in total. The molecule has 8 rings (SSSR count). The fraction of sp³-hybridized carbons (Fsp3) is 0.500. The predicted octanol–water partition coefficient (Wildman–Crippen LogP) is 5.35. The molecule has 0 bridgehead atoms. The Balaban J connectivity index is 0.946. The third-order valence-electron chi connectivity index (χ3n) is 10.2. The van der Waals surface area contributed by atoms with E-state index in [1.54, 1.807) is 31.0 Å². The summed E-state index contributed by atoms with van der Waals surface area (Å²) >= 11 is 0. The molecule has 2 aliphatic carbocycles. The van der Waals surface area contributed by atoms with Gasteiger partial charge in [0.15, 0.2) is 5.82 Å². The third kappa shape index (κ3) is 5.63. The second kappa shape index (κ2) is 11.8. The number of hydrogen-bond acceptors (Lipinski definition) is 11. The summed E-state index contributed by atoms with van der Waals surface area (Å²) in [5, 5.41) is 11.9. The summed E-state index contributed by atoms with van der Waals surface area (Å²) in [4.78, 5) is 27.0. The van der Waals surface area contributed by atoms with Crippen molar-refractivity contribution in [2.24, 2.45) is 17.3 Å². The van der Waals surface area contributed by atoms with Crippen molar-refractivity contribution in [3.63, 3.8) is 0 Å². The molecular formula is C34H39FN10O. The van der Waals surface area contributed by atoms with Gasteiger partial charge in [-0.2, -0.15) is 0 Å². The van der Waals surface area contributed by atoms with Gasteiger partial charge < -0.3 is 15.0 Å². The second-order valence-corrected chi connectivity index (χ2v) is 13.9. The molecule has 238 valence electrons. The lowest BCUT2D eigenvalue weighted by atomic mass is 9.68. The van der Waals surface area contributed by atoms with Gasteiger partial charge in [0.25, 0.3) is 5.88 Å². The minimum atomic E-state index is -0.347. The average molecular weight is 623 g/mol. The van der Waals surface area contributed by atoms with E-state index in [0.717, 1.165) is 75.5 Å². The highest BCUT2D eigenvalue weighted by atomic mass is 19.1. The van der Waals surface area contributed by atoms with Gasteiger partial charge in [-0.1, -0.05) is 13.8 Å². The average Bonchev–Trinajstić information content (AvgIpc) is 3.79. The SMILES string of the molecule is CC(C)C(C1CC(Nc2ncccn2)C1)N1CC2(CCN(c3ncnnc3Oc3ccc(F)cc3-c3cncnc3C3CC3)C2)C1. The topological polar surface area (TPSA) is 118 Å². The van der Waals surface area contributed by atoms with Gasteiger partial charge in [-0.15, -0.1) is 10.2 Å². The number of ether oxygens (including phenoxy) is 1. The maximum Gasteiger partial charge on any atom is 0.282 e. The molecule has 4 aromatic rings. The Morgan fingerprint density at radius 3 is 2.61 bits per heavy atom. The van der Waals surface area contributed by atoms with Crippen molar-refractivity contribution in [3.05, 3.63) is 67.0 Å². The zero-order valence-electron chi connectivity index (χ0n) is 26.3. The smallest absolute Gasteiger partial charge is 0.282 e. The fourth-order valence-corrected chi connectivity index (χ4v) is 7.96. The zero-order chi connectivity index (χ0) is 31.3. The minimum Gasteiger partial charge on any atom is -0.434 e. The fourth-order valence-electron chi connectivity index (χ4n) is 7.96. The van der Waals surface area contributed by atoms with Crippen molar-refractivity contribution in [3.8, 4) is 22.8 Å². The zero-order valence-corrected chi connectivity index (χ0v) is 26.3. The standard InChI is InChI=1S/C34H39FN10O/c1-21(2)30(23-12-25(13-23)42-33-37-9-3-10-38-33)45-17-34(18-45)8-11-44(16-34)31-32(43-41-20-40-31)46-28-7-6-24(35)14-26(28)27-15-36-19-39-29(27)22-4-5-22/h3,6-7,9-10,14-15,19-23,25,30H,4-5,8,11-13,16-18H2,1-2H3,(H,37,38,42). The van der Waals surface area contributed by atoms with Gasteiger partial charge in [0.05, 0.1) is 5.69 Å². The van der Waals surface area contributed by atoms with Crippen molar-refractivity contribution in [2.75, 3.05) is 36.4 Å². The van der Waals surface area contributed by atoms with Crippen LogP contribution >= 0.6 is 0 Å². The lowest BCUT2D eigenvalue weighted by Gasteiger charge is -2.57. The maximum atomic E-state index is 14.5. The monoisotopic (exact) mass is 622 g/mol. The molecule has 1 N–H and O–H groups in total. The Hall–Kier alpha value is -4.32. The van der Waals surface area contributed by atoms with Gasteiger partial charge >= 0.3 is 0 Å². The van der Waals surface area contributed by atoms with E-state index in [0.29, 0.717) is 52.8 Å². The second-order valence-electron chi connectivity index (χ2n) is 13.9. The molecule has 46 heavy (non-hydrogen) atoms. The first-order valence-corrected chi connectivity index (χ1v) is 16.4. The van der Waals surface area contributed by atoms with E-state index >= 15 is 0 Å². The molecule has 12 heteroatoms. The number of benzene rings is 1. The summed E-state index contributed by atoms with van der Waals surface area (Å²) in [6, 6.07) is 7.37. The van der Waals surface area contributed by atoms with Crippen molar-refractivity contribution < 1.29 is 9.13 Å². The lowest BCUT2D eigenvalue weighted by Crippen LogP contribution is -2.65. The molecule has 4 aliphatic rings. The van der Waals surface area contributed by atoms with Gasteiger partial charge in [-0.25, -0.2) is 29.3 Å². The van der Waals surface area contributed by atoms with Crippen LogP contribution in [0.2, 0.25) is 0 Å². The van der Waals surface area contributed by atoms with Crippen LogP contribution in [0.15, 0.2) is 55.5 Å². The summed E-state index contributed by atoms with van der Waals surface area (Å²) < 4.78 is 21.0. The number of nitrogens with one attached hydrogen (secondary N) is 1. The summed E-state index contributed by atoms with van der Waals surface area (Å²) in [6.45, 7) is 8.63. The Morgan fingerprint density at radius 2 is 1.83 bits per heavy atom. The molecule has 1 spiro atoms. The first kappa shape index (κ1) is 29.1. The van der Waals surface area contributed by atoms with Crippen LogP contribution in [0, 0.1) is 23.1 Å². The summed E-state index contributed by atoms with van der Waals surface area (Å²) in [6.07, 6.45) is 13.9. The van der Waals surface area contributed by atoms with E-state index in [4.69, 9.17) is 4.74 Å².